The van der Waals surface area contributed by atoms with E-state index >= 15 is 0 Å². The zero-order valence-electron chi connectivity index (χ0n) is 13.0. The first-order valence-corrected chi connectivity index (χ1v) is 6.93. The first-order valence-electron chi connectivity index (χ1n) is 6.93. The number of hydrogen-bond acceptors (Lipinski definition) is 1. The van der Waals surface area contributed by atoms with Gasteiger partial charge in [-0.25, -0.2) is 0 Å². The highest BCUT2D eigenvalue weighted by molar-refractivity contribution is 5.34. The summed E-state index contributed by atoms with van der Waals surface area (Å²) in [7, 11) is 0. The van der Waals surface area contributed by atoms with Crippen LogP contribution in [0.5, 0.6) is 0 Å². The fraction of sp³-hybridized carbons (Fsp3) is 0.625. The van der Waals surface area contributed by atoms with Crippen LogP contribution in [-0.2, 0) is 4.74 Å². The summed E-state index contributed by atoms with van der Waals surface area (Å²) < 4.78 is 5.31. The van der Waals surface area contributed by atoms with Crippen molar-refractivity contribution in [1.29, 1.82) is 0 Å². The molecule has 1 rings (SSSR count). The Labute approximate surface area is 109 Å². The summed E-state index contributed by atoms with van der Waals surface area (Å²) in [5, 5.41) is 0. The van der Waals surface area contributed by atoms with Gasteiger partial charge in [0, 0.05) is 0 Å². The highest BCUT2D eigenvalue weighted by Gasteiger charge is 2.09. The van der Waals surface area contributed by atoms with Crippen molar-refractivity contribution in [3.05, 3.63) is 36.0 Å². The van der Waals surface area contributed by atoms with Gasteiger partial charge in [0.15, 0.2) is 0 Å². The Morgan fingerprint density at radius 3 is 1.94 bits per heavy atom. The third kappa shape index (κ3) is 11.4. The fourth-order valence-corrected chi connectivity index (χ4v) is 1.22. The highest BCUT2D eigenvalue weighted by Crippen LogP contribution is 2.19. The summed E-state index contributed by atoms with van der Waals surface area (Å²) in [6.07, 6.45) is 7.03. The number of rotatable bonds is 1. The molecule has 1 nitrogen and oxygen atoms in total. The summed E-state index contributed by atoms with van der Waals surface area (Å²) >= 11 is 0. The number of allylic oxidation sites excluding steroid dienone is 3. The predicted molar refractivity (Wildman–Crippen MR) is 81.5 cm³/mol. The van der Waals surface area contributed by atoms with Crippen molar-refractivity contribution >= 4 is 0 Å². The van der Waals surface area contributed by atoms with Crippen LogP contribution in [0.15, 0.2) is 36.0 Å². The average molecular weight is 240 g/mol. The minimum atomic E-state index is 0.760. The molecule has 0 atom stereocenters. The Morgan fingerprint density at radius 2 is 1.53 bits per heavy atom. The molecule has 17 heavy (non-hydrogen) atoms. The fourth-order valence-electron chi connectivity index (χ4n) is 1.22. The van der Waals surface area contributed by atoms with E-state index in [4.69, 9.17) is 4.74 Å². The Balaban J connectivity index is -0.000000285. The lowest BCUT2D eigenvalue weighted by Gasteiger charge is -2.17. The van der Waals surface area contributed by atoms with Gasteiger partial charge in [0.1, 0.15) is 0 Å². The predicted octanol–water partition coefficient (Wildman–Crippen LogP) is 5.54. The lowest BCUT2D eigenvalue weighted by atomic mass is 10.0. The second kappa shape index (κ2) is 20.6. The Morgan fingerprint density at radius 1 is 1.00 bits per heavy atom. The van der Waals surface area contributed by atoms with Crippen molar-refractivity contribution in [2.75, 3.05) is 13.2 Å². The van der Waals surface area contributed by atoms with E-state index in [-0.39, 0.29) is 0 Å². The lowest BCUT2D eigenvalue weighted by molar-refractivity contribution is 0.146. The molecule has 102 valence electrons. The first kappa shape index (κ1) is 21.5. The van der Waals surface area contributed by atoms with Crippen LogP contribution in [0, 0.1) is 0 Å². The van der Waals surface area contributed by atoms with E-state index in [0.29, 0.717) is 0 Å². The van der Waals surface area contributed by atoms with E-state index in [1.165, 1.54) is 11.1 Å². The van der Waals surface area contributed by atoms with E-state index in [1.54, 1.807) is 0 Å². The molecule has 0 bridgehead atoms. The summed E-state index contributed by atoms with van der Waals surface area (Å²) in [6.45, 7) is 19.3. The number of ether oxygens (including phenoxy) is 1. The van der Waals surface area contributed by atoms with E-state index in [1.807, 2.05) is 54.5 Å². The maximum absolute atomic E-state index is 5.31. The quantitative estimate of drug-likeness (QED) is 0.584. The Hall–Kier alpha value is -0.820. The molecule has 0 aromatic heterocycles. The molecule has 0 radical (unpaired) electrons. The largest absolute Gasteiger partial charge is 0.376 e. The molecule has 0 N–H and O–H groups in total. The van der Waals surface area contributed by atoms with Crippen molar-refractivity contribution in [3.63, 3.8) is 0 Å². The normalized spacial score (nSPS) is 17.8. The smallest absolute Gasteiger partial charge is 0.0716 e. The van der Waals surface area contributed by atoms with E-state index in [0.717, 1.165) is 19.6 Å². The second-order valence-corrected chi connectivity index (χ2v) is 2.54. The van der Waals surface area contributed by atoms with Gasteiger partial charge in [0.2, 0.25) is 0 Å². The molecular weight excluding hydrogens is 208 g/mol. The molecule has 0 spiro atoms. The standard InChI is InChI=1S/C10H14O.3C2H6/c1-3-5-10-6-7-11-8-9(10)4-2;3*1-2/h3-5H,1,6-8H2,2H3;3*1-2H3/b9-4-,10-5-;;;. The van der Waals surface area contributed by atoms with Gasteiger partial charge in [-0.2, -0.15) is 0 Å². The molecule has 0 aromatic carbocycles. The van der Waals surface area contributed by atoms with E-state index in [2.05, 4.69) is 18.7 Å². The zero-order chi connectivity index (χ0) is 14.1. The van der Waals surface area contributed by atoms with Gasteiger partial charge in [0.05, 0.1) is 13.2 Å². The molecule has 0 unspecified atom stereocenters. The highest BCUT2D eigenvalue weighted by atomic mass is 16.5. The van der Waals surface area contributed by atoms with Crippen LogP contribution in [-0.4, -0.2) is 13.2 Å². The van der Waals surface area contributed by atoms with Crippen molar-refractivity contribution < 1.29 is 4.74 Å². The van der Waals surface area contributed by atoms with Crippen LogP contribution in [0.2, 0.25) is 0 Å². The van der Waals surface area contributed by atoms with Crippen molar-refractivity contribution in [2.24, 2.45) is 0 Å². The molecule has 0 aliphatic carbocycles. The summed E-state index contributed by atoms with van der Waals surface area (Å²) in [4.78, 5) is 0. The molecule has 1 aliphatic heterocycles. The van der Waals surface area contributed by atoms with Gasteiger partial charge in [0.25, 0.3) is 0 Å². The summed E-state index contributed by atoms with van der Waals surface area (Å²) in [5.74, 6) is 0. The van der Waals surface area contributed by atoms with Crippen LogP contribution in [0.4, 0.5) is 0 Å². The molecular formula is C16H32O. The van der Waals surface area contributed by atoms with E-state index < -0.39 is 0 Å². The van der Waals surface area contributed by atoms with Crippen LogP contribution in [0.25, 0.3) is 0 Å². The van der Waals surface area contributed by atoms with Gasteiger partial charge in [-0.05, 0) is 24.5 Å². The van der Waals surface area contributed by atoms with Gasteiger partial charge in [-0.15, -0.1) is 0 Å². The van der Waals surface area contributed by atoms with Crippen molar-refractivity contribution in [1.82, 2.24) is 0 Å². The maximum atomic E-state index is 5.31. The molecule has 1 heteroatoms. The second-order valence-electron chi connectivity index (χ2n) is 2.54. The van der Waals surface area contributed by atoms with Crippen LogP contribution < -0.4 is 0 Å². The van der Waals surface area contributed by atoms with E-state index in [9.17, 15) is 0 Å². The van der Waals surface area contributed by atoms with Crippen LogP contribution >= 0.6 is 0 Å². The minimum Gasteiger partial charge on any atom is -0.376 e. The van der Waals surface area contributed by atoms with Crippen LogP contribution in [0.1, 0.15) is 54.9 Å². The zero-order valence-corrected chi connectivity index (χ0v) is 13.0. The molecule has 0 saturated carbocycles. The SMILES string of the molecule is C=C/C=C1/CCOC/C1=C/C.CC.CC.CC. The van der Waals surface area contributed by atoms with Crippen molar-refractivity contribution in [3.8, 4) is 0 Å². The maximum Gasteiger partial charge on any atom is 0.0716 e. The molecule has 1 heterocycles. The lowest BCUT2D eigenvalue weighted by Crippen LogP contribution is -2.10. The number of hydrogen-bond donors (Lipinski definition) is 0. The summed E-state index contributed by atoms with van der Waals surface area (Å²) in [5.41, 5.74) is 2.67. The monoisotopic (exact) mass is 240 g/mol. The third-order valence-corrected chi connectivity index (χ3v) is 1.85. The summed E-state index contributed by atoms with van der Waals surface area (Å²) in [6, 6.07) is 0. The molecule has 1 aliphatic rings. The molecule has 0 aromatic rings. The first-order chi connectivity index (χ1) is 8.38. The van der Waals surface area contributed by atoms with Crippen molar-refractivity contribution in [2.45, 2.75) is 54.9 Å². The van der Waals surface area contributed by atoms with Gasteiger partial charge >= 0.3 is 0 Å². The average Bonchev–Trinajstić information content (AvgIpc) is 2.46. The van der Waals surface area contributed by atoms with Gasteiger partial charge in [-0.3, -0.25) is 0 Å². The third-order valence-electron chi connectivity index (χ3n) is 1.85. The van der Waals surface area contributed by atoms with Gasteiger partial charge < -0.3 is 4.74 Å². The van der Waals surface area contributed by atoms with Crippen LogP contribution in [0.3, 0.4) is 0 Å². The Kier molecular flexibility index (Phi) is 26.0. The molecule has 1 fully saturated rings. The molecule has 0 amide bonds. The topological polar surface area (TPSA) is 9.23 Å². The minimum absolute atomic E-state index is 0.760. The van der Waals surface area contributed by atoms with Gasteiger partial charge in [-0.1, -0.05) is 66.3 Å². The Bertz CT molecular complexity index is 200. The molecule has 1 saturated heterocycles.